The minimum Gasteiger partial charge on any atom is -0.399 e. The van der Waals surface area contributed by atoms with Crippen LogP contribution in [-0.4, -0.2) is 5.78 Å². The molecule has 2 rings (SSSR count). The summed E-state index contributed by atoms with van der Waals surface area (Å²) in [5.74, 6) is -1.11. The van der Waals surface area contributed by atoms with E-state index in [1.165, 1.54) is 30.3 Å². The highest BCUT2D eigenvalue weighted by Gasteiger charge is 2.15. The van der Waals surface area contributed by atoms with Gasteiger partial charge in [0.2, 0.25) is 0 Å². The SMILES string of the molecule is Nc1ccc(F)c(C(=O)c2ccc(Cl)c(Cl)c2)c1. The maximum atomic E-state index is 13.6. The van der Waals surface area contributed by atoms with Gasteiger partial charge in [0.05, 0.1) is 15.6 Å². The van der Waals surface area contributed by atoms with Gasteiger partial charge in [0.25, 0.3) is 0 Å². The zero-order chi connectivity index (χ0) is 13.3. The van der Waals surface area contributed by atoms with E-state index in [0.717, 1.165) is 6.07 Å². The van der Waals surface area contributed by atoms with Gasteiger partial charge in [-0.1, -0.05) is 23.2 Å². The normalized spacial score (nSPS) is 10.4. The van der Waals surface area contributed by atoms with Crippen molar-refractivity contribution in [1.29, 1.82) is 0 Å². The molecule has 0 saturated carbocycles. The van der Waals surface area contributed by atoms with Crippen molar-refractivity contribution < 1.29 is 9.18 Å². The lowest BCUT2D eigenvalue weighted by Crippen LogP contribution is -2.05. The van der Waals surface area contributed by atoms with Crippen molar-refractivity contribution >= 4 is 34.7 Å². The summed E-state index contributed by atoms with van der Waals surface area (Å²) >= 11 is 11.6. The van der Waals surface area contributed by atoms with Crippen molar-refractivity contribution in [2.24, 2.45) is 0 Å². The van der Waals surface area contributed by atoms with Gasteiger partial charge < -0.3 is 5.73 Å². The van der Waals surface area contributed by atoms with Crippen LogP contribution in [0.1, 0.15) is 15.9 Å². The summed E-state index contributed by atoms with van der Waals surface area (Å²) in [5.41, 5.74) is 6.02. The van der Waals surface area contributed by atoms with Crippen molar-refractivity contribution in [3.63, 3.8) is 0 Å². The van der Waals surface area contributed by atoms with Crippen LogP contribution in [0.4, 0.5) is 10.1 Å². The summed E-state index contributed by atoms with van der Waals surface area (Å²) in [6, 6.07) is 8.20. The lowest BCUT2D eigenvalue weighted by Gasteiger charge is -2.05. The van der Waals surface area contributed by atoms with Crippen LogP contribution in [0.25, 0.3) is 0 Å². The lowest BCUT2D eigenvalue weighted by molar-refractivity contribution is 0.103. The average Bonchev–Trinajstić information content (AvgIpc) is 2.35. The van der Waals surface area contributed by atoms with Crippen molar-refractivity contribution in [1.82, 2.24) is 0 Å². The van der Waals surface area contributed by atoms with Gasteiger partial charge in [-0.15, -0.1) is 0 Å². The highest BCUT2D eigenvalue weighted by Crippen LogP contribution is 2.25. The number of halogens is 3. The topological polar surface area (TPSA) is 43.1 Å². The predicted octanol–water partition coefficient (Wildman–Crippen LogP) is 3.95. The molecule has 0 bridgehead atoms. The van der Waals surface area contributed by atoms with E-state index in [0.29, 0.717) is 10.7 Å². The quantitative estimate of drug-likeness (QED) is 0.670. The Bertz CT molecular complexity index is 628. The van der Waals surface area contributed by atoms with E-state index >= 15 is 0 Å². The first-order valence-electron chi connectivity index (χ1n) is 5.04. The van der Waals surface area contributed by atoms with Gasteiger partial charge in [0.1, 0.15) is 5.82 Å². The zero-order valence-electron chi connectivity index (χ0n) is 9.08. The molecule has 18 heavy (non-hydrogen) atoms. The summed E-state index contributed by atoms with van der Waals surface area (Å²) in [6.45, 7) is 0. The molecule has 0 unspecified atom stereocenters. The second-order valence-corrected chi connectivity index (χ2v) is 4.51. The molecule has 0 aromatic heterocycles. The van der Waals surface area contributed by atoms with Gasteiger partial charge in [0, 0.05) is 11.3 Å². The van der Waals surface area contributed by atoms with E-state index in [1.807, 2.05) is 0 Å². The monoisotopic (exact) mass is 283 g/mol. The third-order valence-corrected chi connectivity index (χ3v) is 3.16. The fraction of sp³-hybridized carbons (Fsp3) is 0. The zero-order valence-corrected chi connectivity index (χ0v) is 10.6. The van der Waals surface area contributed by atoms with Gasteiger partial charge in [-0.3, -0.25) is 4.79 Å². The lowest BCUT2D eigenvalue weighted by atomic mass is 10.0. The first kappa shape index (κ1) is 12.9. The summed E-state index contributed by atoms with van der Waals surface area (Å²) in [4.78, 5) is 12.1. The maximum Gasteiger partial charge on any atom is 0.196 e. The molecule has 0 saturated heterocycles. The van der Waals surface area contributed by atoms with Crippen molar-refractivity contribution in [3.8, 4) is 0 Å². The third-order valence-electron chi connectivity index (χ3n) is 2.42. The smallest absolute Gasteiger partial charge is 0.196 e. The Kier molecular flexibility index (Phi) is 3.55. The predicted molar refractivity (Wildman–Crippen MR) is 70.7 cm³/mol. The molecular formula is C13H8Cl2FNO. The number of carbonyl (C=O) groups excluding carboxylic acids is 1. The van der Waals surface area contributed by atoms with Gasteiger partial charge in [-0.25, -0.2) is 4.39 Å². The highest BCUT2D eigenvalue weighted by atomic mass is 35.5. The molecule has 2 aromatic carbocycles. The highest BCUT2D eigenvalue weighted by molar-refractivity contribution is 6.42. The van der Waals surface area contributed by atoms with Gasteiger partial charge >= 0.3 is 0 Å². The Labute approximate surface area is 113 Å². The van der Waals surface area contributed by atoms with Crippen LogP contribution >= 0.6 is 23.2 Å². The van der Waals surface area contributed by atoms with Crippen LogP contribution in [-0.2, 0) is 0 Å². The van der Waals surface area contributed by atoms with Crippen molar-refractivity contribution in [3.05, 3.63) is 63.4 Å². The fourth-order valence-corrected chi connectivity index (χ4v) is 1.81. The van der Waals surface area contributed by atoms with E-state index in [9.17, 15) is 9.18 Å². The molecule has 5 heteroatoms. The Morgan fingerprint density at radius 2 is 1.78 bits per heavy atom. The largest absolute Gasteiger partial charge is 0.399 e. The molecule has 0 aliphatic carbocycles. The van der Waals surface area contributed by atoms with Crippen LogP contribution in [0, 0.1) is 5.82 Å². The Morgan fingerprint density at radius 3 is 2.44 bits per heavy atom. The number of ketones is 1. The van der Waals surface area contributed by atoms with E-state index in [1.54, 1.807) is 0 Å². The molecule has 2 N–H and O–H groups in total. The molecule has 0 atom stereocenters. The van der Waals surface area contributed by atoms with Gasteiger partial charge in [-0.05, 0) is 36.4 Å². The van der Waals surface area contributed by atoms with Crippen LogP contribution in [0.5, 0.6) is 0 Å². The Hall–Kier alpha value is -1.58. The molecule has 0 radical (unpaired) electrons. The minimum absolute atomic E-state index is 0.0895. The van der Waals surface area contributed by atoms with Crippen LogP contribution in [0.2, 0.25) is 10.0 Å². The number of benzene rings is 2. The molecule has 0 aliphatic heterocycles. The number of hydrogen-bond acceptors (Lipinski definition) is 2. The number of nitrogen functional groups attached to an aromatic ring is 1. The summed E-state index contributed by atoms with van der Waals surface area (Å²) in [7, 11) is 0. The van der Waals surface area contributed by atoms with E-state index in [4.69, 9.17) is 28.9 Å². The maximum absolute atomic E-state index is 13.6. The Balaban J connectivity index is 2.47. The van der Waals surface area contributed by atoms with Gasteiger partial charge in [0.15, 0.2) is 5.78 Å². The average molecular weight is 284 g/mol. The number of nitrogens with two attached hydrogens (primary N) is 1. The molecule has 0 amide bonds. The number of anilines is 1. The molecule has 92 valence electrons. The van der Waals surface area contributed by atoms with Gasteiger partial charge in [-0.2, -0.15) is 0 Å². The summed E-state index contributed by atoms with van der Waals surface area (Å²) < 4.78 is 13.6. The second-order valence-electron chi connectivity index (χ2n) is 3.70. The van der Waals surface area contributed by atoms with Crippen LogP contribution in [0.3, 0.4) is 0 Å². The molecule has 0 fully saturated rings. The molecular weight excluding hydrogens is 276 g/mol. The minimum atomic E-state index is -0.625. The number of rotatable bonds is 2. The van der Waals surface area contributed by atoms with Crippen LogP contribution < -0.4 is 5.73 Å². The first-order chi connectivity index (χ1) is 8.49. The number of hydrogen-bond donors (Lipinski definition) is 1. The van der Waals surface area contributed by atoms with Crippen molar-refractivity contribution in [2.75, 3.05) is 5.73 Å². The molecule has 2 nitrogen and oxygen atoms in total. The summed E-state index contributed by atoms with van der Waals surface area (Å²) in [5, 5.41) is 0.577. The van der Waals surface area contributed by atoms with Crippen molar-refractivity contribution in [2.45, 2.75) is 0 Å². The van der Waals surface area contributed by atoms with Crippen LogP contribution in [0.15, 0.2) is 36.4 Å². The molecule has 2 aromatic rings. The first-order valence-corrected chi connectivity index (χ1v) is 5.79. The molecule has 0 spiro atoms. The molecule has 0 aliphatic rings. The second kappa shape index (κ2) is 4.96. The van der Waals surface area contributed by atoms with E-state index < -0.39 is 11.6 Å². The van der Waals surface area contributed by atoms with E-state index in [2.05, 4.69) is 0 Å². The third kappa shape index (κ3) is 2.47. The van der Waals surface area contributed by atoms with E-state index in [-0.39, 0.29) is 16.1 Å². The number of carbonyl (C=O) groups is 1. The summed E-state index contributed by atoms with van der Waals surface area (Å²) in [6.07, 6.45) is 0. The molecule has 0 heterocycles. The fourth-order valence-electron chi connectivity index (χ4n) is 1.51. The Morgan fingerprint density at radius 1 is 1.06 bits per heavy atom. The standard InChI is InChI=1S/C13H8Cl2FNO/c14-10-3-1-7(5-11(10)15)13(18)9-6-8(17)2-4-12(9)16/h1-6H,17H2.